The van der Waals surface area contributed by atoms with Gasteiger partial charge in [0, 0.05) is 12.6 Å². The van der Waals surface area contributed by atoms with Crippen molar-refractivity contribution >= 4 is 0 Å². The summed E-state index contributed by atoms with van der Waals surface area (Å²) in [6.45, 7) is 1.65. The third-order valence-corrected chi connectivity index (χ3v) is 3.32. The van der Waals surface area contributed by atoms with Crippen LogP contribution in [0.2, 0.25) is 0 Å². The Labute approximate surface area is 109 Å². The second-order valence-electron chi connectivity index (χ2n) is 4.93. The first-order chi connectivity index (χ1) is 8.84. The summed E-state index contributed by atoms with van der Waals surface area (Å²) in [5.74, 6) is 0.935. The van der Waals surface area contributed by atoms with Crippen molar-refractivity contribution in [3.05, 3.63) is 30.3 Å². The van der Waals surface area contributed by atoms with E-state index in [4.69, 9.17) is 15.2 Å². The normalized spacial score (nSPS) is 20.8. The molecule has 1 aliphatic rings. The molecule has 1 heterocycles. The summed E-state index contributed by atoms with van der Waals surface area (Å²) in [5.41, 5.74) is 6.10. The van der Waals surface area contributed by atoms with Gasteiger partial charge in [-0.3, -0.25) is 0 Å². The molecule has 100 valence electrons. The van der Waals surface area contributed by atoms with Crippen LogP contribution in [0.25, 0.3) is 0 Å². The molecule has 0 radical (unpaired) electrons. The van der Waals surface area contributed by atoms with Gasteiger partial charge in [-0.1, -0.05) is 18.2 Å². The molecular formula is C15H23NO2. The van der Waals surface area contributed by atoms with Crippen molar-refractivity contribution < 1.29 is 9.47 Å². The monoisotopic (exact) mass is 249 g/mol. The Hall–Kier alpha value is -1.06. The fraction of sp³-hybridized carbons (Fsp3) is 0.600. The Balaban J connectivity index is 1.54. The van der Waals surface area contributed by atoms with Gasteiger partial charge in [-0.25, -0.2) is 0 Å². The standard InChI is InChI=1S/C15H23NO2/c16-13(12-15-9-5-11-18-15)6-4-10-17-14-7-2-1-3-8-14/h1-3,7-8,13,15H,4-6,9-12,16H2. The number of hydrogen-bond acceptors (Lipinski definition) is 3. The average molecular weight is 249 g/mol. The first-order valence-corrected chi connectivity index (χ1v) is 6.89. The molecule has 0 saturated carbocycles. The molecule has 3 heteroatoms. The first-order valence-electron chi connectivity index (χ1n) is 6.89. The molecule has 3 nitrogen and oxygen atoms in total. The maximum Gasteiger partial charge on any atom is 0.119 e. The van der Waals surface area contributed by atoms with E-state index in [-0.39, 0.29) is 6.04 Å². The van der Waals surface area contributed by atoms with Crippen LogP contribution in [0.4, 0.5) is 0 Å². The van der Waals surface area contributed by atoms with Crippen LogP contribution in [0.15, 0.2) is 30.3 Å². The molecule has 1 aliphatic heterocycles. The quantitative estimate of drug-likeness (QED) is 0.756. The van der Waals surface area contributed by atoms with Gasteiger partial charge in [0.1, 0.15) is 5.75 Å². The fourth-order valence-electron chi connectivity index (χ4n) is 2.34. The zero-order chi connectivity index (χ0) is 12.6. The summed E-state index contributed by atoms with van der Waals surface area (Å²) in [6, 6.07) is 10.2. The number of nitrogens with two attached hydrogens (primary N) is 1. The van der Waals surface area contributed by atoms with E-state index < -0.39 is 0 Å². The summed E-state index contributed by atoms with van der Waals surface area (Å²) >= 11 is 0. The third kappa shape index (κ3) is 4.67. The zero-order valence-electron chi connectivity index (χ0n) is 10.9. The molecule has 0 amide bonds. The van der Waals surface area contributed by atoms with E-state index >= 15 is 0 Å². The van der Waals surface area contributed by atoms with E-state index in [0.29, 0.717) is 6.10 Å². The van der Waals surface area contributed by atoms with E-state index in [2.05, 4.69) is 0 Å². The van der Waals surface area contributed by atoms with Crippen LogP contribution >= 0.6 is 0 Å². The Bertz CT molecular complexity index is 323. The molecule has 2 rings (SSSR count). The average Bonchev–Trinajstić information content (AvgIpc) is 2.89. The highest BCUT2D eigenvalue weighted by molar-refractivity contribution is 5.20. The minimum Gasteiger partial charge on any atom is -0.494 e. The number of para-hydroxylation sites is 1. The molecular weight excluding hydrogens is 226 g/mol. The zero-order valence-corrected chi connectivity index (χ0v) is 10.9. The maximum absolute atomic E-state index is 6.10. The molecule has 0 aromatic heterocycles. The smallest absolute Gasteiger partial charge is 0.119 e. The minimum atomic E-state index is 0.243. The predicted octanol–water partition coefficient (Wildman–Crippen LogP) is 2.74. The molecule has 1 fully saturated rings. The van der Waals surface area contributed by atoms with Gasteiger partial charge in [0.05, 0.1) is 12.7 Å². The second-order valence-corrected chi connectivity index (χ2v) is 4.93. The first kappa shape index (κ1) is 13.4. The van der Waals surface area contributed by atoms with Crippen LogP contribution in [0.3, 0.4) is 0 Å². The third-order valence-electron chi connectivity index (χ3n) is 3.32. The van der Waals surface area contributed by atoms with Gasteiger partial charge < -0.3 is 15.2 Å². The Morgan fingerprint density at radius 1 is 1.33 bits per heavy atom. The summed E-state index contributed by atoms with van der Waals surface area (Å²) < 4.78 is 11.2. The van der Waals surface area contributed by atoms with Crippen LogP contribution in [0.1, 0.15) is 32.1 Å². The lowest BCUT2D eigenvalue weighted by Gasteiger charge is -2.16. The predicted molar refractivity (Wildman–Crippen MR) is 72.7 cm³/mol. The van der Waals surface area contributed by atoms with Crippen LogP contribution in [-0.4, -0.2) is 25.4 Å². The topological polar surface area (TPSA) is 44.5 Å². The highest BCUT2D eigenvalue weighted by atomic mass is 16.5. The summed E-state index contributed by atoms with van der Waals surface area (Å²) in [4.78, 5) is 0. The van der Waals surface area contributed by atoms with Gasteiger partial charge in [-0.2, -0.15) is 0 Å². The van der Waals surface area contributed by atoms with Gasteiger partial charge in [0.2, 0.25) is 0 Å². The fourth-order valence-corrected chi connectivity index (χ4v) is 2.34. The molecule has 2 atom stereocenters. The molecule has 1 aromatic carbocycles. The second kappa shape index (κ2) is 7.39. The van der Waals surface area contributed by atoms with Crippen molar-refractivity contribution in [1.29, 1.82) is 0 Å². The SMILES string of the molecule is NC(CCCOc1ccccc1)CC1CCCO1. The van der Waals surface area contributed by atoms with Crippen molar-refractivity contribution in [3.63, 3.8) is 0 Å². The summed E-state index contributed by atoms with van der Waals surface area (Å²) in [7, 11) is 0. The molecule has 0 spiro atoms. The van der Waals surface area contributed by atoms with Gasteiger partial charge in [0.15, 0.2) is 0 Å². The summed E-state index contributed by atoms with van der Waals surface area (Å²) in [5, 5.41) is 0. The van der Waals surface area contributed by atoms with Crippen molar-refractivity contribution in [3.8, 4) is 5.75 Å². The van der Waals surface area contributed by atoms with Crippen LogP contribution in [-0.2, 0) is 4.74 Å². The van der Waals surface area contributed by atoms with Crippen molar-refractivity contribution in [2.45, 2.75) is 44.2 Å². The van der Waals surface area contributed by atoms with Gasteiger partial charge in [-0.05, 0) is 44.2 Å². The Morgan fingerprint density at radius 2 is 2.17 bits per heavy atom. The van der Waals surface area contributed by atoms with E-state index in [1.807, 2.05) is 30.3 Å². The number of ether oxygens (including phenoxy) is 2. The minimum absolute atomic E-state index is 0.243. The lowest BCUT2D eigenvalue weighted by Crippen LogP contribution is -2.26. The van der Waals surface area contributed by atoms with E-state index in [9.17, 15) is 0 Å². The molecule has 0 bridgehead atoms. The number of rotatable bonds is 7. The molecule has 0 aliphatic carbocycles. The highest BCUT2D eigenvalue weighted by Crippen LogP contribution is 2.18. The molecule has 18 heavy (non-hydrogen) atoms. The van der Waals surface area contributed by atoms with Crippen molar-refractivity contribution in [2.24, 2.45) is 5.73 Å². The van der Waals surface area contributed by atoms with E-state index in [1.54, 1.807) is 0 Å². The van der Waals surface area contributed by atoms with Gasteiger partial charge >= 0.3 is 0 Å². The van der Waals surface area contributed by atoms with E-state index in [0.717, 1.165) is 38.2 Å². The Morgan fingerprint density at radius 3 is 2.89 bits per heavy atom. The molecule has 2 unspecified atom stereocenters. The van der Waals surface area contributed by atoms with Gasteiger partial charge in [-0.15, -0.1) is 0 Å². The van der Waals surface area contributed by atoms with E-state index in [1.165, 1.54) is 12.8 Å². The largest absolute Gasteiger partial charge is 0.494 e. The van der Waals surface area contributed by atoms with Crippen molar-refractivity contribution in [1.82, 2.24) is 0 Å². The molecule has 1 aromatic rings. The lowest BCUT2D eigenvalue weighted by atomic mass is 10.0. The lowest BCUT2D eigenvalue weighted by molar-refractivity contribution is 0.0969. The maximum atomic E-state index is 6.10. The highest BCUT2D eigenvalue weighted by Gasteiger charge is 2.18. The van der Waals surface area contributed by atoms with Crippen LogP contribution in [0.5, 0.6) is 5.75 Å². The van der Waals surface area contributed by atoms with Crippen LogP contribution in [0, 0.1) is 0 Å². The van der Waals surface area contributed by atoms with Crippen LogP contribution < -0.4 is 10.5 Å². The summed E-state index contributed by atoms with van der Waals surface area (Å²) in [6.07, 6.45) is 5.76. The molecule has 2 N–H and O–H groups in total. The Kier molecular flexibility index (Phi) is 5.49. The van der Waals surface area contributed by atoms with Crippen molar-refractivity contribution in [2.75, 3.05) is 13.2 Å². The number of benzene rings is 1. The van der Waals surface area contributed by atoms with Gasteiger partial charge in [0.25, 0.3) is 0 Å². The number of hydrogen-bond donors (Lipinski definition) is 1. The molecule has 1 saturated heterocycles.